The number of rotatable bonds is 0. The molecule has 10 heteroatoms. The third kappa shape index (κ3) is 1630. The summed E-state index contributed by atoms with van der Waals surface area (Å²) in [4.78, 5) is 17.1. The predicted molar refractivity (Wildman–Crippen MR) is 44.0 cm³/mol. The maximum Gasteiger partial charge on any atom is 2.00 e. The van der Waals surface area contributed by atoms with Crippen LogP contribution in [0.3, 0.4) is 0 Å². The minimum absolute atomic E-state index is 0. The first-order valence-electron chi connectivity index (χ1n) is 1.30. The topological polar surface area (TPSA) is 147 Å². The van der Waals surface area contributed by atoms with Gasteiger partial charge in [0.2, 0.25) is 0 Å². The molecule has 68 valence electrons. The molecule has 6 N–H and O–H groups in total. The summed E-state index contributed by atoms with van der Waals surface area (Å²) < 4.78 is 0. The van der Waals surface area contributed by atoms with Crippen LogP contribution in [0, 0.1) is 0 Å². The Morgan fingerprint density at radius 2 is 0.917 bits per heavy atom. The first-order valence-corrected chi connectivity index (χ1v) is 1.30. The van der Waals surface area contributed by atoms with E-state index in [1.165, 1.54) is 0 Å². The third-order valence-corrected chi connectivity index (χ3v) is 0. The van der Waals surface area contributed by atoms with Crippen molar-refractivity contribution in [1.82, 2.24) is 0 Å². The van der Waals surface area contributed by atoms with Gasteiger partial charge in [-0.3, -0.25) is 0 Å². The minimum atomic E-state index is -1.83. The summed E-state index contributed by atoms with van der Waals surface area (Å²) in [5.74, 6) is 0. The largest absolute Gasteiger partial charge is 2.00 e. The first-order chi connectivity index (χ1) is 3.46. The van der Waals surface area contributed by atoms with Crippen molar-refractivity contribution < 1.29 is 69.3 Å². The fourth-order valence-corrected chi connectivity index (χ4v) is 0. The number of carbonyl (C=O) groups is 2. The molecule has 0 spiro atoms. The molecule has 0 aliphatic rings. The predicted octanol–water partition coefficient (Wildman–Crippen LogP) is -4.60. The van der Waals surface area contributed by atoms with Crippen LogP contribution in [0.2, 0.25) is 0 Å². The first kappa shape index (κ1) is 38.5. The van der Waals surface area contributed by atoms with E-state index < -0.39 is 12.3 Å². The normalized spacial score (nSPS) is 4.00. The second kappa shape index (κ2) is 29.8. The van der Waals surface area contributed by atoms with Crippen LogP contribution in [-0.4, -0.2) is 78.6 Å². The van der Waals surface area contributed by atoms with Gasteiger partial charge in [-0.05, 0) is 0 Å². The van der Waals surface area contributed by atoms with E-state index >= 15 is 0 Å². The Hall–Kier alpha value is 0.799. The van der Waals surface area contributed by atoms with E-state index in [1.54, 1.807) is 0 Å². The summed E-state index contributed by atoms with van der Waals surface area (Å²) in [6, 6.07) is 0. The van der Waals surface area contributed by atoms with Gasteiger partial charge in [0, 0.05) is 0 Å². The average molecular weight is 222 g/mol. The molecule has 0 amide bonds. The summed E-state index contributed by atoms with van der Waals surface area (Å²) in [6.07, 6.45) is -3.67. The second-order valence-electron chi connectivity index (χ2n) is 0.565. The van der Waals surface area contributed by atoms with Crippen LogP contribution in [-0.2, 0) is 0 Å². The van der Waals surface area contributed by atoms with Crippen molar-refractivity contribution >= 4 is 52.7 Å². The van der Waals surface area contributed by atoms with Crippen LogP contribution < -0.4 is 29.6 Å². The summed E-state index contributed by atoms with van der Waals surface area (Å²) >= 11 is 0. The van der Waals surface area contributed by atoms with Crippen LogP contribution in [0.4, 0.5) is 9.59 Å². The fraction of sp³-hybridized carbons (Fsp3) is 0. The monoisotopic (exact) mass is 222 g/mol. The van der Waals surface area contributed by atoms with Crippen LogP contribution in [0.5, 0.6) is 0 Å². The van der Waals surface area contributed by atoms with Gasteiger partial charge < -0.3 is 30.2 Å². The Kier molecular flexibility index (Phi) is 95.6. The molecule has 12 heavy (non-hydrogen) atoms. The van der Waals surface area contributed by atoms with Crippen molar-refractivity contribution in [2.24, 2.45) is 0 Å². The summed E-state index contributed by atoms with van der Waals surface area (Å²) in [5, 5.41) is 27.9. The minimum Gasteiger partial charge on any atom is -1.00 e. The SMILES string of the molecule is O.O=C(O)O.O=C(O)O.[AlH3].[H-].[H-].[H-].[Mg+2].[Na+]. The molecule has 0 radical (unpaired) electrons. The molecule has 0 heterocycles. The average Bonchev–Trinajstić information content (AvgIpc) is 1.25. The van der Waals surface area contributed by atoms with Crippen LogP contribution in [0.25, 0.3) is 0 Å². The van der Waals surface area contributed by atoms with E-state index in [4.69, 9.17) is 30.0 Å². The molecule has 7 nitrogen and oxygen atoms in total. The molecule has 0 aromatic carbocycles. The molecule has 0 unspecified atom stereocenters. The Labute approximate surface area is 121 Å². The Morgan fingerprint density at radius 1 is 0.917 bits per heavy atom. The van der Waals surface area contributed by atoms with E-state index in [1.807, 2.05) is 0 Å². The Bertz CT molecular complexity index is 90.2. The Balaban J connectivity index is -0.00000000468. The van der Waals surface area contributed by atoms with Crippen LogP contribution in [0.1, 0.15) is 4.28 Å². The van der Waals surface area contributed by atoms with Gasteiger partial charge >= 0.3 is 64.9 Å². The molecule has 0 aliphatic carbocycles. The molecule has 0 atom stereocenters. The quantitative estimate of drug-likeness (QED) is 0.303. The molecule has 0 aromatic rings. The van der Waals surface area contributed by atoms with E-state index in [2.05, 4.69) is 0 Å². The molecule has 0 saturated heterocycles. The van der Waals surface area contributed by atoms with E-state index in [9.17, 15) is 0 Å². The number of hydrogen-bond donors (Lipinski definition) is 4. The molecule has 0 fully saturated rings. The maximum atomic E-state index is 8.56. The smallest absolute Gasteiger partial charge is 1.00 e. The van der Waals surface area contributed by atoms with Gasteiger partial charge in [-0.25, -0.2) is 9.59 Å². The fourth-order valence-electron chi connectivity index (χ4n) is 0. The standard InChI is InChI=1S/2CH2O3.Al.Mg.Na.H2O.6H/c2*2-1(3)4;;;;;;;;;;/h2*(H2,2,3,4);;;;1H2;;;;;;/q;;;+2;+1;;;;;3*-1. The maximum absolute atomic E-state index is 8.56. The van der Waals surface area contributed by atoms with Crippen molar-refractivity contribution in [1.29, 1.82) is 0 Å². The van der Waals surface area contributed by atoms with Gasteiger partial charge in [0.25, 0.3) is 0 Å². The van der Waals surface area contributed by atoms with Gasteiger partial charge in [0.15, 0.2) is 17.4 Å². The van der Waals surface area contributed by atoms with Crippen molar-refractivity contribution in [2.75, 3.05) is 0 Å². The zero-order chi connectivity index (χ0) is 7.15. The summed E-state index contributed by atoms with van der Waals surface area (Å²) in [5.41, 5.74) is 0. The summed E-state index contributed by atoms with van der Waals surface area (Å²) in [6.45, 7) is 0. The van der Waals surface area contributed by atoms with Crippen LogP contribution >= 0.6 is 0 Å². The van der Waals surface area contributed by atoms with E-state index in [0.717, 1.165) is 0 Å². The van der Waals surface area contributed by atoms with Crippen molar-refractivity contribution in [3.05, 3.63) is 0 Å². The van der Waals surface area contributed by atoms with Crippen LogP contribution in [0.15, 0.2) is 0 Å². The van der Waals surface area contributed by atoms with Crippen molar-refractivity contribution in [2.45, 2.75) is 0 Å². The van der Waals surface area contributed by atoms with Gasteiger partial charge in [-0.1, -0.05) is 0 Å². The molecule has 0 rings (SSSR count). The van der Waals surface area contributed by atoms with Gasteiger partial charge in [0.05, 0.1) is 0 Å². The molecule has 0 aromatic heterocycles. The molecule has 0 saturated carbocycles. The van der Waals surface area contributed by atoms with Gasteiger partial charge in [-0.2, -0.15) is 0 Å². The van der Waals surface area contributed by atoms with Gasteiger partial charge in [-0.15, -0.1) is 0 Å². The summed E-state index contributed by atoms with van der Waals surface area (Å²) in [7, 11) is 0. The second-order valence-corrected chi connectivity index (χ2v) is 0.565. The third-order valence-electron chi connectivity index (χ3n) is 0. The molecular weight excluding hydrogens is 210 g/mol. The molecule has 0 aliphatic heterocycles. The Morgan fingerprint density at radius 3 is 0.917 bits per heavy atom. The van der Waals surface area contributed by atoms with Crippen molar-refractivity contribution in [3.63, 3.8) is 0 Å². The van der Waals surface area contributed by atoms with E-state index in [0.29, 0.717) is 0 Å². The van der Waals surface area contributed by atoms with Crippen molar-refractivity contribution in [3.8, 4) is 0 Å². The van der Waals surface area contributed by atoms with E-state index in [-0.39, 0.29) is 79.7 Å². The molecular formula is C2H12AlMgNaO7. The number of carboxylic acid groups (broad SMARTS) is 4. The zero-order valence-corrected chi connectivity index (χ0v) is 9.23. The van der Waals surface area contributed by atoms with Gasteiger partial charge in [0.1, 0.15) is 0 Å². The zero-order valence-electron chi connectivity index (χ0n) is 8.81. The number of hydrogen-bond acceptors (Lipinski definition) is 2. The molecule has 0 bridgehead atoms.